The average Bonchev–Trinajstić information content (AvgIpc) is 2.74. The van der Waals surface area contributed by atoms with Gasteiger partial charge in [-0.15, -0.1) is 6.42 Å². The van der Waals surface area contributed by atoms with Crippen LogP contribution in [0.2, 0.25) is 5.02 Å². The summed E-state index contributed by atoms with van der Waals surface area (Å²) in [4.78, 5) is 14.6. The fourth-order valence-corrected chi connectivity index (χ4v) is 2.72. The summed E-state index contributed by atoms with van der Waals surface area (Å²) in [7, 11) is 0. The molecule has 0 unspecified atom stereocenters. The van der Waals surface area contributed by atoms with Crippen LogP contribution in [0.3, 0.4) is 0 Å². The van der Waals surface area contributed by atoms with Crippen molar-refractivity contribution >= 4 is 17.3 Å². The summed E-state index contributed by atoms with van der Waals surface area (Å²) in [6, 6.07) is 0. The molecule has 0 spiro atoms. The van der Waals surface area contributed by atoms with E-state index >= 15 is 0 Å². The maximum atomic E-state index is 12.2. The van der Waals surface area contributed by atoms with Crippen molar-refractivity contribution in [2.45, 2.75) is 32.2 Å². The number of likely N-dealkylation sites (tertiary alicyclic amines) is 1. The van der Waals surface area contributed by atoms with Crippen LogP contribution in [0, 0.1) is 12.3 Å². The molecule has 0 radical (unpaired) electrons. The van der Waals surface area contributed by atoms with E-state index in [4.69, 9.17) is 18.0 Å². The smallest absolute Gasteiger partial charge is 0.292 e. The van der Waals surface area contributed by atoms with Gasteiger partial charge in [-0.05, 0) is 25.9 Å². The number of aromatic nitrogens is 2. The first-order chi connectivity index (χ1) is 10.2. The van der Waals surface area contributed by atoms with Gasteiger partial charge in [0.15, 0.2) is 0 Å². The molecule has 114 valence electrons. The van der Waals surface area contributed by atoms with Crippen LogP contribution in [-0.2, 0) is 6.54 Å². The van der Waals surface area contributed by atoms with Gasteiger partial charge in [0.2, 0.25) is 0 Å². The number of rotatable bonds is 5. The Kier molecular flexibility index (Phi) is 6.09. The van der Waals surface area contributed by atoms with E-state index in [1.165, 1.54) is 36.6 Å². The number of halogens is 1. The number of anilines is 1. The zero-order chi connectivity index (χ0) is 15.1. The lowest BCUT2D eigenvalue weighted by molar-refractivity contribution is 0.296. The van der Waals surface area contributed by atoms with E-state index in [0.717, 1.165) is 19.6 Å². The predicted octanol–water partition coefficient (Wildman–Crippen LogP) is 1.82. The van der Waals surface area contributed by atoms with Crippen LogP contribution in [0.25, 0.3) is 0 Å². The van der Waals surface area contributed by atoms with Crippen molar-refractivity contribution in [1.82, 2.24) is 14.7 Å². The molecule has 21 heavy (non-hydrogen) atoms. The fourth-order valence-electron chi connectivity index (χ4n) is 2.53. The van der Waals surface area contributed by atoms with Gasteiger partial charge < -0.3 is 10.2 Å². The molecule has 1 saturated heterocycles. The Morgan fingerprint density at radius 2 is 2.05 bits per heavy atom. The summed E-state index contributed by atoms with van der Waals surface area (Å²) in [5.74, 6) is 2.41. The Morgan fingerprint density at radius 3 is 2.71 bits per heavy atom. The minimum absolute atomic E-state index is 0.150. The minimum Gasteiger partial charge on any atom is -0.378 e. The number of terminal acetylenes is 1. The van der Waals surface area contributed by atoms with E-state index in [1.807, 2.05) is 0 Å². The molecule has 0 saturated carbocycles. The van der Waals surface area contributed by atoms with Gasteiger partial charge >= 0.3 is 0 Å². The van der Waals surface area contributed by atoms with Gasteiger partial charge in [-0.1, -0.05) is 30.4 Å². The first kappa shape index (κ1) is 15.9. The maximum absolute atomic E-state index is 12.2. The SMILES string of the molecule is C#CCn1ncc(Cl)c(NCCN2CCCCCC2)c1=O. The molecule has 0 aromatic carbocycles. The van der Waals surface area contributed by atoms with Crippen molar-refractivity contribution in [3.8, 4) is 12.3 Å². The molecule has 1 aromatic rings. The molecular weight excluding hydrogens is 288 g/mol. The number of hydrogen-bond acceptors (Lipinski definition) is 4. The third-order valence-electron chi connectivity index (χ3n) is 3.67. The highest BCUT2D eigenvalue weighted by Crippen LogP contribution is 2.15. The Labute approximate surface area is 130 Å². The van der Waals surface area contributed by atoms with Gasteiger partial charge in [0.25, 0.3) is 5.56 Å². The van der Waals surface area contributed by atoms with Gasteiger partial charge in [-0.25, -0.2) is 4.68 Å². The van der Waals surface area contributed by atoms with E-state index < -0.39 is 0 Å². The van der Waals surface area contributed by atoms with Crippen LogP contribution in [0.5, 0.6) is 0 Å². The number of nitrogens with zero attached hydrogens (tertiary/aromatic N) is 3. The fraction of sp³-hybridized carbons (Fsp3) is 0.600. The predicted molar refractivity (Wildman–Crippen MR) is 85.7 cm³/mol. The molecular formula is C15H21ClN4O. The molecule has 0 aliphatic carbocycles. The van der Waals surface area contributed by atoms with Crippen molar-refractivity contribution in [2.75, 3.05) is 31.5 Å². The molecule has 0 atom stereocenters. The summed E-state index contributed by atoms with van der Waals surface area (Å²) in [5, 5.41) is 7.39. The first-order valence-corrected chi connectivity index (χ1v) is 7.75. The zero-order valence-corrected chi connectivity index (χ0v) is 12.9. The van der Waals surface area contributed by atoms with E-state index in [9.17, 15) is 4.79 Å². The Morgan fingerprint density at radius 1 is 1.33 bits per heavy atom. The highest BCUT2D eigenvalue weighted by atomic mass is 35.5. The molecule has 1 N–H and O–H groups in total. The largest absolute Gasteiger partial charge is 0.378 e. The van der Waals surface area contributed by atoms with E-state index in [-0.39, 0.29) is 12.1 Å². The molecule has 1 aliphatic heterocycles. The van der Waals surface area contributed by atoms with Crippen LogP contribution in [-0.4, -0.2) is 40.9 Å². The minimum atomic E-state index is -0.267. The zero-order valence-electron chi connectivity index (χ0n) is 12.1. The van der Waals surface area contributed by atoms with Gasteiger partial charge in [-0.2, -0.15) is 5.10 Å². The van der Waals surface area contributed by atoms with Crippen LogP contribution in [0.4, 0.5) is 5.69 Å². The van der Waals surface area contributed by atoms with Crippen molar-refractivity contribution in [3.05, 3.63) is 21.6 Å². The molecule has 1 fully saturated rings. The van der Waals surface area contributed by atoms with Gasteiger partial charge in [0.1, 0.15) is 12.2 Å². The summed E-state index contributed by atoms with van der Waals surface area (Å²) in [5.41, 5.74) is 0.119. The summed E-state index contributed by atoms with van der Waals surface area (Å²) < 4.78 is 1.24. The van der Waals surface area contributed by atoms with Crippen LogP contribution < -0.4 is 10.9 Å². The average molecular weight is 309 g/mol. The molecule has 0 bridgehead atoms. The second-order valence-electron chi connectivity index (χ2n) is 5.22. The highest BCUT2D eigenvalue weighted by Gasteiger charge is 2.11. The molecule has 0 amide bonds. The van der Waals surface area contributed by atoms with Crippen molar-refractivity contribution < 1.29 is 0 Å². The quantitative estimate of drug-likeness (QED) is 0.843. The Hall–Kier alpha value is -1.51. The van der Waals surface area contributed by atoms with Crippen LogP contribution in [0.15, 0.2) is 11.0 Å². The molecule has 6 heteroatoms. The second-order valence-corrected chi connectivity index (χ2v) is 5.62. The molecule has 1 aliphatic rings. The lowest BCUT2D eigenvalue weighted by atomic mass is 10.2. The highest BCUT2D eigenvalue weighted by molar-refractivity contribution is 6.32. The maximum Gasteiger partial charge on any atom is 0.292 e. The van der Waals surface area contributed by atoms with E-state index in [2.05, 4.69) is 21.2 Å². The summed E-state index contributed by atoms with van der Waals surface area (Å²) in [6.45, 7) is 4.01. The molecule has 1 aromatic heterocycles. The van der Waals surface area contributed by atoms with Crippen molar-refractivity contribution in [3.63, 3.8) is 0 Å². The number of nitrogens with one attached hydrogen (secondary N) is 1. The third-order valence-corrected chi connectivity index (χ3v) is 3.95. The monoisotopic (exact) mass is 308 g/mol. The van der Waals surface area contributed by atoms with Gasteiger partial charge in [0.05, 0.1) is 11.2 Å². The Bertz CT molecular complexity index is 556. The van der Waals surface area contributed by atoms with Crippen molar-refractivity contribution in [1.29, 1.82) is 0 Å². The topological polar surface area (TPSA) is 50.2 Å². The Balaban J connectivity index is 1.95. The van der Waals surface area contributed by atoms with Crippen LogP contribution >= 0.6 is 11.6 Å². The molecule has 5 nitrogen and oxygen atoms in total. The summed E-state index contributed by atoms with van der Waals surface area (Å²) in [6.07, 6.45) is 11.8. The second kappa shape index (κ2) is 8.06. The van der Waals surface area contributed by atoms with Gasteiger partial charge in [-0.3, -0.25) is 4.79 Å². The number of hydrogen-bond donors (Lipinski definition) is 1. The van der Waals surface area contributed by atoms with E-state index in [0.29, 0.717) is 17.3 Å². The summed E-state index contributed by atoms with van der Waals surface area (Å²) >= 11 is 6.05. The van der Waals surface area contributed by atoms with Crippen LogP contribution in [0.1, 0.15) is 25.7 Å². The van der Waals surface area contributed by atoms with Gasteiger partial charge in [0, 0.05) is 13.1 Å². The third kappa shape index (κ3) is 4.48. The lowest BCUT2D eigenvalue weighted by Gasteiger charge is -2.20. The first-order valence-electron chi connectivity index (χ1n) is 7.37. The van der Waals surface area contributed by atoms with Crippen molar-refractivity contribution in [2.24, 2.45) is 0 Å². The molecule has 2 heterocycles. The molecule has 2 rings (SSSR count). The lowest BCUT2D eigenvalue weighted by Crippen LogP contribution is -2.32. The van der Waals surface area contributed by atoms with E-state index in [1.54, 1.807) is 0 Å². The standard InChI is InChI=1S/C15H21ClN4O/c1-2-8-20-15(21)14(13(16)12-18-20)17-7-11-19-9-5-3-4-6-10-19/h1,12,17H,3-11H2. The normalized spacial score (nSPS) is 16.2.